The molecule has 0 aliphatic carbocycles. The average Bonchev–Trinajstić information content (AvgIpc) is 2.36. The first-order valence-electron chi connectivity index (χ1n) is 6.00. The van der Waals surface area contributed by atoms with Crippen molar-refractivity contribution in [1.29, 1.82) is 0 Å². The average molecular weight is 249 g/mol. The minimum absolute atomic E-state index is 0.105. The predicted molar refractivity (Wildman–Crippen MR) is 70.6 cm³/mol. The Bertz CT molecular complexity index is 427. The molecule has 0 saturated heterocycles. The summed E-state index contributed by atoms with van der Waals surface area (Å²) in [7, 11) is 0. The number of esters is 1. The van der Waals surface area contributed by atoms with Gasteiger partial charge in [0, 0.05) is 18.7 Å². The molecule has 1 aromatic rings. The molecule has 4 nitrogen and oxygen atoms in total. The van der Waals surface area contributed by atoms with Gasteiger partial charge < -0.3 is 15.2 Å². The maximum atomic E-state index is 11.4. The summed E-state index contributed by atoms with van der Waals surface area (Å²) in [6.45, 7) is 5.33. The summed E-state index contributed by atoms with van der Waals surface area (Å²) in [4.78, 5) is 11.4. The highest BCUT2D eigenvalue weighted by Crippen LogP contribution is 2.19. The third-order valence-corrected chi connectivity index (χ3v) is 2.41. The van der Waals surface area contributed by atoms with Crippen molar-refractivity contribution in [1.82, 2.24) is 5.32 Å². The van der Waals surface area contributed by atoms with Gasteiger partial charge in [-0.2, -0.15) is 0 Å². The molecule has 0 spiro atoms. The van der Waals surface area contributed by atoms with E-state index in [0.717, 1.165) is 12.1 Å². The molecule has 0 radical (unpaired) electrons. The van der Waals surface area contributed by atoms with Crippen molar-refractivity contribution in [2.24, 2.45) is 0 Å². The van der Waals surface area contributed by atoms with Gasteiger partial charge in [-0.05, 0) is 26.0 Å². The zero-order valence-corrected chi connectivity index (χ0v) is 10.8. The van der Waals surface area contributed by atoms with Crippen molar-refractivity contribution in [3.63, 3.8) is 0 Å². The molecule has 0 atom stereocenters. The molecule has 0 heterocycles. The monoisotopic (exact) mass is 249 g/mol. The van der Waals surface area contributed by atoms with Crippen molar-refractivity contribution in [2.75, 3.05) is 13.2 Å². The van der Waals surface area contributed by atoms with Crippen molar-refractivity contribution < 1.29 is 14.6 Å². The molecule has 0 aliphatic rings. The van der Waals surface area contributed by atoms with Crippen LogP contribution in [0.5, 0.6) is 5.75 Å². The minimum Gasteiger partial charge on any atom is -0.508 e. The summed E-state index contributed by atoms with van der Waals surface area (Å²) in [6.07, 6.45) is 3.95. The number of benzene rings is 1. The quantitative estimate of drug-likeness (QED) is 0.461. The normalized spacial score (nSPS) is 10.8. The number of phenolic OH excluding ortho intramolecular Hbond substituents is 1. The number of ether oxygens (including phenoxy) is 1. The molecule has 0 saturated carbocycles. The van der Waals surface area contributed by atoms with E-state index in [1.54, 1.807) is 19.1 Å². The first kappa shape index (κ1) is 14.3. The molecule has 0 aromatic heterocycles. The summed E-state index contributed by atoms with van der Waals surface area (Å²) in [5.74, 6) is -0.310. The number of hydrogen-bond donors (Lipinski definition) is 2. The van der Waals surface area contributed by atoms with Crippen molar-refractivity contribution >= 4 is 5.97 Å². The minimum atomic E-state index is -0.416. The van der Waals surface area contributed by atoms with Crippen LogP contribution in [0.3, 0.4) is 0 Å². The molecular weight excluding hydrogens is 230 g/mol. The molecule has 1 rings (SSSR count). The lowest BCUT2D eigenvalue weighted by Gasteiger charge is -2.07. The smallest absolute Gasteiger partial charge is 0.338 e. The van der Waals surface area contributed by atoms with Crippen LogP contribution < -0.4 is 5.32 Å². The SMILES string of the molecule is C/C=C\CNCc1ccc(C(=O)OCC)cc1O. The lowest BCUT2D eigenvalue weighted by molar-refractivity contribution is 0.0526. The number of carbonyl (C=O) groups excluding carboxylic acids is 1. The number of carbonyl (C=O) groups is 1. The standard InChI is InChI=1S/C14H19NO3/c1-3-5-8-15-10-12-7-6-11(9-13(12)16)14(17)18-4-2/h3,5-7,9,15-16H,4,8,10H2,1-2H3/b5-3-. The van der Waals surface area contributed by atoms with Crippen LogP contribution in [0.2, 0.25) is 0 Å². The molecule has 2 N–H and O–H groups in total. The van der Waals surface area contributed by atoms with Crippen LogP contribution in [0.4, 0.5) is 0 Å². The van der Waals surface area contributed by atoms with Gasteiger partial charge in [0.1, 0.15) is 5.75 Å². The van der Waals surface area contributed by atoms with Crippen LogP contribution in [-0.4, -0.2) is 24.2 Å². The van der Waals surface area contributed by atoms with Gasteiger partial charge in [0.15, 0.2) is 0 Å². The Labute approximate surface area is 107 Å². The molecule has 0 fully saturated rings. The number of rotatable bonds is 6. The van der Waals surface area contributed by atoms with Gasteiger partial charge in [0.05, 0.1) is 12.2 Å². The van der Waals surface area contributed by atoms with Gasteiger partial charge in [0.2, 0.25) is 0 Å². The van der Waals surface area contributed by atoms with E-state index < -0.39 is 5.97 Å². The first-order valence-corrected chi connectivity index (χ1v) is 6.00. The Morgan fingerprint density at radius 1 is 1.50 bits per heavy atom. The molecule has 4 heteroatoms. The highest BCUT2D eigenvalue weighted by atomic mass is 16.5. The third kappa shape index (κ3) is 4.22. The van der Waals surface area contributed by atoms with Crippen LogP contribution in [0.25, 0.3) is 0 Å². The fraction of sp³-hybridized carbons (Fsp3) is 0.357. The topological polar surface area (TPSA) is 58.6 Å². The zero-order valence-electron chi connectivity index (χ0n) is 10.8. The van der Waals surface area contributed by atoms with Crippen molar-refractivity contribution in [2.45, 2.75) is 20.4 Å². The van der Waals surface area contributed by atoms with Crippen LogP contribution in [0.15, 0.2) is 30.4 Å². The van der Waals surface area contributed by atoms with Crippen LogP contribution >= 0.6 is 0 Å². The summed E-state index contributed by atoms with van der Waals surface area (Å²) in [5.41, 5.74) is 1.12. The van der Waals surface area contributed by atoms with Gasteiger partial charge >= 0.3 is 5.97 Å². The molecule has 0 unspecified atom stereocenters. The Hall–Kier alpha value is -1.81. The number of phenols is 1. The van der Waals surface area contributed by atoms with E-state index >= 15 is 0 Å². The zero-order chi connectivity index (χ0) is 13.4. The van der Waals surface area contributed by atoms with Gasteiger partial charge in [-0.15, -0.1) is 0 Å². The van der Waals surface area contributed by atoms with Crippen molar-refractivity contribution in [3.8, 4) is 5.75 Å². The number of nitrogens with one attached hydrogen (secondary N) is 1. The van der Waals surface area contributed by atoms with Gasteiger partial charge in [-0.1, -0.05) is 18.2 Å². The Balaban J connectivity index is 2.64. The second kappa shape index (κ2) is 7.50. The lowest BCUT2D eigenvalue weighted by Crippen LogP contribution is -2.13. The predicted octanol–water partition coefficient (Wildman–Crippen LogP) is 2.23. The Morgan fingerprint density at radius 3 is 2.89 bits per heavy atom. The summed E-state index contributed by atoms with van der Waals surface area (Å²) < 4.78 is 4.86. The van der Waals surface area contributed by atoms with Gasteiger partial charge in [-0.25, -0.2) is 4.79 Å². The maximum Gasteiger partial charge on any atom is 0.338 e. The fourth-order valence-electron chi connectivity index (χ4n) is 1.46. The van der Waals surface area contributed by atoms with Crippen molar-refractivity contribution in [3.05, 3.63) is 41.5 Å². The van der Waals surface area contributed by atoms with Crippen LogP contribution in [0, 0.1) is 0 Å². The molecule has 1 aromatic carbocycles. The molecule has 0 amide bonds. The van der Waals surface area contributed by atoms with E-state index in [0.29, 0.717) is 18.7 Å². The highest BCUT2D eigenvalue weighted by molar-refractivity contribution is 5.90. The number of allylic oxidation sites excluding steroid dienone is 1. The number of aromatic hydroxyl groups is 1. The largest absolute Gasteiger partial charge is 0.508 e. The van der Waals surface area contributed by atoms with E-state index in [1.807, 2.05) is 19.1 Å². The third-order valence-electron chi connectivity index (χ3n) is 2.41. The maximum absolute atomic E-state index is 11.4. The van der Waals surface area contributed by atoms with E-state index in [1.165, 1.54) is 6.07 Å². The van der Waals surface area contributed by atoms with Gasteiger partial charge in [0.25, 0.3) is 0 Å². The first-order chi connectivity index (χ1) is 8.69. The lowest BCUT2D eigenvalue weighted by atomic mass is 10.1. The molecule has 98 valence electrons. The van der Waals surface area contributed by atoms with E-state index in [-0.39, 0.29) is 5.75 Å². The Morgan fingerprint density at radius 2 is 2.28 bits per heavy atom. The second-order valence-corrected chi connectivity index (χ2v) is 3.76. The van der Waals surface area contributed by atoms with Gasteiger partial charge in [-0.3, -0.25) is 0 Å². The second-order valence-electron chi connectivity index (χ2n) is 3.76. The van der Waals surface area contributed by atoms with E-state index in [9.17, 15) is 9.90 Å². The van der Waals surface area contributed by atoms with Crippen LogP contribution in [0.1, 0.15) is 29.8 Å². The molecule has 0 bridgehead atoms. The Kier molecular flexibility index (Phi) is 5.94. The van der Waals surface area contributed by atoms with Crippen LogP contribution in [-0.2, 0) is 11.3 Å². The summed E-state index contributed by atoms with van der Waals surface area (Å²) >= 11 is 0. The summed E-state index contributed by atoms with van der Waals surface area (Å²) in [6, 6.07) is 4.82. The molecule has 0 aliphatic heterocycles. The van der Waals surface area contributed by atoms with E-state index in [4.69, 9.17) is 4.74 Å². The highest BCUT2D eigenvalue weighted by Gasteiger charge is 2.09. The molecule has 18 heavy (non-hydrogen) atoms. The number of hydrogen-bond acceptors (Lipinski definition) is 4. The molecular formula is C14H19NO3. The fourth-order valence-corrected chi connectivity index (χ4v) is 1.46. The summed E-state index contributed by atoms with van der Waals surface area (Å²) in [5, 5.41) is 13.0. The van der Waals surface area contributed by atoms with E-state index in [2.05, 4.69) is 5.32 Å².